The molecule has 1 aromatic carbocycles. The van der Waals surface area contributed by atoms with E-state index in [2.05, 4.69) is 24.3 Å². The minimum Gasteiger partial charge on any atom is -0.493 e. The number of rotatable bonds is 4. The van der Waals surface area contributed by atoms with Crippen LogP contribution in [-0.4, -0.2) is 32.3 Å². The number of benzene rings is 1. The van der Waals surface area contributed by atoms with Gasteiger partial charge in [-0.15, -0.1) is 0 Å². The Balaban J connectivity index is 1.97. The van der Waals surface area contributed by atoms with Gasteiger partial charge in [0.1, 0.15) is 0 Å². The minimum atomic E-state index is -0.315. The second-order valence-electron chi connectivity index (χ2n) is 8.36. The van der Waals surface area contributed by atoms with Crippen LogP contribution < -0.4 is 19.5 Å². The Hall–Kier alpha value is -2.96. The molecule has 0 bridgehead atoms. The first kappa shape index (κ1) is 19.4. The summed E-state index contributed by atoms with van der Waals surface area (Å²) in [6.45, 7) is 6.09. The first-order valence-corrected chi connectivity index (χ1v) is 9.59. The Morgan fingerprint density at radius 3 is 2.34 bits per heavy atom. The second-order valence-corrected chi connectivity index (χ2v) is 8.36. The topological polar surface area (TPSA) is 82.8 Å². The summed E-state index contributed by atoms with van der Waals surface area (Å²) in [6, 6.07) is 3.79. The number of aryl methyl sites for hydroxylation is 1. The number of hydrogen-bond donors (Lipinski definition) is 1. The Labute approximate surface area is 170 Å². The van der Waals surface area contributed by atoms with E-state index < -0.39 is 0 Å². The molecule has 0 saturated carbocycles. The van der Waals surface area contributed by atoms with Gasteiger partial charge in [0.25, 0.3) is 0 Å². The number of nitrogens with zero attached hydrogens (tertiary/aromatic N) is 1. The lowest BCUT2D eigenvalue weighted by Crippen LogP contribution is -2.33. The number of ether oxygens (including phenoxy) is 3. The Bertz CT molecular complexity index is 993. The molecule has 4 rings (SSSR count). The largest absolute Gasteiger partial charge is 0.493 e. The first-order valence-electron chi connectivity index (χ1n) is 9.59. The summed E-state index contributed by atoms with van der Waals surface area (Å²) >= 11 is 0. The van der Waals surface area contributed by atoms with Crippen molar-refractivity contribution >= 4 is 11.7 Å². The van der Waals surface area contributed by atoms with E-state index in [0.29, 0.717) is 29.6 Å². The molecule has 0 spiro atoms. The standard InChI is InChI=1S/C22H26N2O5/c1-11-17-18(12-7-15(26-4)20(28-6)16(8-12)27-5)19-13(23-21(17)29-24-11)9-22(2,3)10-14(19)25/h7-8,18,23H,9-10H2,1-6H3/t18-/m1/s1. The summed E-state index contributed by atoms with van der Waals surface area (Å²) in [7, 11) is 4.73. The van der Waals surface area contributed by atoms with Crippen molar-refractivity contribution in [1.29, 1.82) is 0 Å². The smallest absolute Gasteiger partial charge is 0.233 e. The number of ketones is 1. The molecule has 7 heteroatoms. The lowest BCUT2D eigenvalue weighted by Gasteiger charge is -2.37. The fraction of sp³-hybridized carbons (Fsp3) is 0.455. The average molecular weight is 398 g/mol. The summed E-state index contributed by atoms with van der Waals surface area (Å²) in [5, 5.41) is 7.48. The van der Waals surface area contributed by atoms with Gasteiger partial charge in [0, 0.05) is 23.6 Å². The van der Waals surface area contributed by atoms with Crippen LogP contribution in [0.2, 0.25) is 0 Å². The van der Waals surface area contributed by atoms with Gasteiger partial charge in [0.15, 0.2) is 17.3 Å². The Kier molecular flexibility index (Phi) is 4.56. The Morgan fingerprint density at radius 1 is 1.10 bits per heavy atom. The lowest BCUT2D eigenvalue weighted by atomic mass is 9.69. The summed E-state index contributed by atoms with van der Waals surface area (Å²) in [6.07, 6.45) is 1.25. The molecule has 0 fully saturated rings. The quantitative estimate of drug-likeness (QED) is 0.826. The van der Waals surface area contributed by atoms with Crippen LogP contribution in [0.1, 0.15) is 49.4 Å². The van der Waals surface area contributed by atoms with Gasteiger partial charge in [-0.05, 0) is 36.5 Å². The van der Waals surface area contributed by atoms with Crippen LogP contribution in [0.5, 0.6) is 17.2 Å². The van der Waals surface area contributed by atoms with Crippen molar-refractivity contribution in [3.63, 3.8) is 0 Å². The molecule has 2 aromatic rings. The van der Waals surface area contributed by atoms with E-state index in [1.54, 1.807) is 21.3 Å². The number of hydrogen-bond acceptors (Lipinski definition) is 7. The molecular formula is C22H26N2O5. The van der Waals surface area contributed by atoms with Crippen molar-refractivity contribution in [2.75, 3.05) is 26.6 Å². The minimum absolute atomic E-state index is 0.116. The molecule has 1 aliphatic carbocycles. The predicted octanol–water partition coefficient (Wildman–Crippen LogP) is 4.21. The highest BCUT2D eigenvalue weighted by Gasteiger charge is 2.43. The molecule has 0 amide bonds. The van der Waals surface area contributed by atoms with Gasteiger partial charge in [0.2, 0.25) is 11.6 Å². The third kappa shape index (κ3) is 3.05. The van der Waals surface area contributed by atoms with Crippen LogP contribution in [0, 0.1) is 12.3 Å². The van der Waals surface area contributed by atoms with Gasteiger partial charge in [-0.1, -0.05) is 19.0 Å². The van der Waals surface area contributed by atoms with E-state index in [1.165, 1.54) is 0 Å². The van der Waals surface area contributed by atoms with Crippen molar-refractivity contribution in [2.24, 2.45) is 5.41 Å². The van der Waals surface area contributed by atoms with Gasteiger partial charge < -0.3 is 24.1 Å². The zero-order valence-corrected chi connectivity index (χ0v) is 17.6. The predicted molar refractivity (Wildman–Crippen MR) is 108 cm³/mol. The highest BCUT2D eigenvalue weighted by Crippen LogP contribution is 2.52. The number of anilines is 1. The maximum Gasteiger partial charge on any atom is 0.233 e. The van der Waals surface area contributed by atoms with Gasteiger partial charge in [0.05, 0.1) is 32.6 Å². The molecule has 1 atom stereocenters. The summed E-state index contributed by atoms with van der Waals surface area (Å²) in [4.78, 5) is 13.3. The average Bonchev–Trinajstić information content (AvgIpc) is 3.04. The summed E-state index contributed by atoms with van der Waals surface area (Å²) in [5.41, 5.74) is 4.02. The van der Waals surface area contributed by atoms with Gasteiger partial charge in [-0.3, -0.25) is 4.79 Å². The second kappa shape index (κ2) is 6.83. The molecule has 1 N–H and O–H groups in total. The molecule has 2 aliphatic rings. The molecule has 29 heavy (non-hydrogen) atoms. The molecule has 2 heterocycles. The summed E-state index contributed by atoms with van der Waals surface area (Å²) in [5.74, 6) is 2.01. The number of methoxy groups -OCH3 is 3. The van der Waals surface area contributed by atoms with Crippen LogP contribution in [-0.2, 0) is 4.79 Å². The van der Waals surface area contributed by atoms with Gasteiger partial charge in [-0.2, -0.15) is 0 Å². The number of nitrogens with one attached hydrogen (secondary N) is 1. The molecular weight excluding hydrogens is 372 g/mol. The van der Waals surface area contributed by atoms with Crippen LogP contribution in [0.3, 0.4) is 0 Å². The monoisotopic (exact) mass is 398 g/mol. The molecule has 0 saturated heterocycles. The highest BCUT2D eigenvalue weighted by atomic mass is 16.5. The third-order valence-electron chi connectivity index (χ3n) is 5.69. The maximum atomic E-state index is 13.3. The fourth-order valence-electron chi connectivity index (χ4n) is 4.47. The fourth-order valence-corrected chi connectivity index (χ4v) is 4.47. The van der Waals surface area contributed by atoms with Crippen molar-refractivity contribution in [3.8, 4) is 17.2 Å². The Morgan fingerprint density at radius 2 is 1.76 bits per heavy atom. The highest BCUT2D eigenvalue weighted by molar-refractivity contribution is 6.01. The number of fused-ring (bicyclic) bond motifs is 1. The van der Waals surface area contributed by atoms with Crippen molar-refractivity contribution < 1.29 is 23.5 Å². The lowest BCUT2D eigenvalue weighted by molar-refractivity contribution is -0.118. The zero-order valence-electron chi connectivity index (χ0n) is 17.6. The summed E-state index contributed by atoms with van der Waals surface area (Å²) < 4.78 is 22.1. The molecule has 154 valence electrons. The van der Waals surface area contributed by atoms with E-state index >= 15 is 0 Å². The van der Waals surface area contributed by atoms with Gasteiger partial charge in [-0.25, -0.2) is 0 Å². The number of aromatic nitrogens is 1. The van der Waals surface area contributed by atoms with Crippen LogP contribution in [0.15, 0.2) is 27.9 Å². The number of carbonyl (C=O) groups excluding carboxylic acids is 1. The van der Waals surface area contributed by atoms with E-state index in [-0.39, 0.29) is 17.1 Å². The van der Waals surface area contributed by atoms with Crippen molar-refractivity contribution in [2.45, 2.75) is 39.5 Å². The van der Waals surface area contributed by atoms with Crippen molar-refractivity contribution in [3.05, 3.63) is 40.2 Å². The van der Waals surface area contributed by atoms with Gasteiger partial charge >= 0.3 is 0 Å². The van der Waals surface area contributed by atoms with E-state index in [9.17, 15) is 4.79 Å². The number of allylic oxidation sites excluding steroid dienone is 2. The van der Waals surface area contributed by atoms with E-state index in [0.717, 1.165) is 34.5 Å². The molecule has 0 unspecified atom stereocenters. The number of Topliss-reactive ketones (excluding diaryl/α,β-unsaturated/α-hetero) is 1. The molecule has 0 radical (unpaired) electrons. The normalized spacial score (nSPS) is 19.9. The molecule has 7 nitrogen and oxygen atoms in total. The molecule has 1 aromatic heterocycles. The SMILES string of the molecule is COc1cc([C@H]2C3=C(CC(C)(C)CC3=O)Nc3onc(C)c32)cc(OC)c1OC. The number of carbonyl (C=O) groups is 1. The first-order chi connectivity index (χ1) is 13.8. The maximum absolute atomic E-state index is 13.3. The van der Waals surface area contributed by atoms with Crippen molar-refractivity contribution in [1.82, 2.24) is 5.16 Å². The molecule has 1 aliphatic heterocycles. The van der Waals surface area contributed by atoms with E-state index in [4.69, 9.17) is 18.7 Å². The third-order valence-corrected chi connectivity index (χ3v) is 5.69. The zero-order chi connectivity index (χ0) is 20.9. The van der Waals surface area contributed by atoms with Crippen LogP contribution in [0.4, 0.5) is 5.88 Å². The van der Waals surface area contributed by atoms with Crippen LogP contribution >= 0.6 is 0 Å². The van der Waals surface area contributed by atoms with E-state index in [1.807, 2.05) is 19.1 Å². The van der Waals surface area contributed by atoms with Crippen LogP contribution in [0.25, 0.3) is 0 Å².